The van der Waals surface area contributed by atoms with E-state index < -0.39 is 11.6 Å². The minimum atomic E-state index is -0.965. The molecule has 2 aliphatic heterocycles. The monoisotopic (exact) mass is 542 g/mol. The number of carbonyl (C=O) groups is 5. The third kappa shape index (κ3) is 14.5. The molecule has 2 rings (SSSR count). The molecule has 3 atom stereocenters. The number of amides is 2. The molecule has 0 aromatic rings. The normalized spacial score (nSPS) is 20.3. The number of nitrogens with two attached hydrogens (primary N) is 2. The molecule has 2 amide bonds. The van der Waals surface area contributed by atoms with Crippen molar-refractivity contribution in [1.29, 1.82) is 0 Å². The second-order valence-electron chi connectivity index (χ2n) is 10.1. The SMILES string of the molecule is CCCCCC(N)(N)CC(=O)CCC(=O)CCC(=O)CC.O=C(O)CCCC[C@@H]1SC[C@@H]2NC(=O)N[C@@H]21. The summed E-state index contributed by atoms with van der Waals surface area (Å²) in [5.41, 5.74) is 10.9. The van der Waals surface area contributed by atoms with Crippen LogP contribution in [0.25, 0.3) is 0 Å². The van der Waals surface area contributed by atoms with Crippen molar-refractivity contribution in [2.45, 2.75) is 127 Å². The number of nitrogens with one attached hydrogen (secondary N) is 2. The number of ketones is 3. The molecule has 0 spiro atoms. The van der Waals surface area contributed by atoms with E-state index in [4.69, 9.17) is 16.6 Å². The molecule has 0 aliphatic carbocycles. The zero-order valence-corrected chi connectivity index (χ0v) is 23.2. The average Bonchev–Trinajstić information content (AvgIpc) is 3.38. The van der Waals surface area contributed by atoms with E-state index in [-0.39, 0.29) is 74.0 Å². The van der Waals surface area contributed by atoms with Crippen LogP contribution in [0.5, 0.6) is 0 Å². The van der Waals surface area contributed by atoms with Gasteiger partial charge in [0.2, 0.25) is 0 Å². The topological polar surface area (TPSA) is 182 Å². The van der Waals surface area contributed by atoms with Crippen molar-refractivity contribution in [1.82, 2.24) is 10.6 Å². The summed E-state index contributed by atoms with van der Waals surface area (Å²) in [6.07, 6.45) is 7.95. The molecule has 2 heterocycles. The Morgan fingerprint density at radius 3 is 2.19 bits per heavy atom. The summed E-state index contributed by atoms with van der Waals surface area (Å²) < 4.78 is 0. The zero-order chi connectivity index (χ0) is 27.8. The largest absolute Gasteiger partial charge is 0.481 e. The van der Waals surface area contributed by atoms with E-state index in [1.807, 2.05) is 11.8 Å². The molecule has 2 fully saturated rings. The third-order valence-corrected chi connectivity index (χ3v) is 8.11. The first-order valence-electron chi connectivity index (χ1n) is 13.5. The van der Waals surface area contributed by atoms with E-state index in [0.29, 0.717) is 18.1 Å². The molecule has 37 heavy (non-hydrogen) atoms. The second-order valence-corrected chi connectivity index (χ2v) is 11.4. The van der Waals surface area contributed by atoms with Gasteiger partial charge in [-0.15, -0.1) is 0 Å². The van der Waals surface area contributed by atoms with E-state index >= 15 is 0 Å². The van der Waals surface area contributed by atoms with Crippen LogP contribution in [-0.2, 0) is 19.2 Å². The van der Waals surface area contributed by atoms with Gasteiger partial charge in [0.05, 0.1) is 17.7 Å². The molecular formula is C26H46N4O6S. The zero-order valence-electron chi connectivity index (χ0n) is 22.4. The lowest BCUT2D eigenvalue weighted by atomic mass is 9.95. The van der Waals surface area contributed by atoms with Gasteiger partial charge in [0, 0.05) is 55.9 Å². The molecule has 10 nitrogen and oxygen atoms in total. The number of fused-ring (bicyclic) bond motifs is 1. The Morgan fingerprint density at radius 2 is 1.57 bits per heavy atom. The summed E-state index contributed by atoms with van der Waals surface area (Å²) >= 11 is 1.87. The number of carboxylic acids is 1. The summed E-state index contributed by atoms with van der Waals surface area (Å²) in [6.45, 7) is 3.87. The Hall–Kier alpha value is -1.98. The van der Waals surface area contributed by atoms with E-state index in [2.05, 4.69) is 17.6 Å². The molecule has 0 unspecified atom stereocenters. The van der Waals surface area contributed by atoms with Crippen molar-refractivity contribution < 1.29 is 29.1 Å². The highest BCUT2D eigenvalue weighted by atomic mass is 32.2. The molecular weight excluding hydrogens is 496 g/mol. The van der Waals surface area contributed by atoms with Crippen LogP contribution in [-0.4, -0.2) is 63.2 Å². The lowest BCUT2D eigenvalue weighted by Gasteiger charge is -2.23. The van der Waals surface area contributed by atoms with Crippen LogP contribution in [0.2, 0.25) is 0 Å². The number of hydrogen-bond donors (Lipinski definition) is 5. The number of carbonyl (C=O) groups excluding carboxylic acids is 4. The molecule has 2 aliphatic rings. The predicted octanol–water partition coefficient (Wildman–Crippen LogP) is 3.05. The average molecular weight is 543 g/mol. The number of hydrogen-bond acceptors (Lipinski definition) is 8. The Bertz CT molecular complexity index is 776. The Labute approximate surface area is 224 Å². The first-order valence-corrected chi connectivity index (χ1v) is 14.6. The summed E-state index contributed by atoms with van der Waals surface area (Å²) in [6, 6.07) is 0.440. The van der Waals surface area contributed by atoms with Gasteiger partial charge in [0.1, 0.15) is 17.3 Å². The fourth-order valence-corrected chi connectivity index (χ4v) is 5.92. The van der Waals surface area contributed by atoms with E-state index in [1.165, 1.54) is 0 Å². The van der Waals surface area contributed by atoms with Gasteiger partial charge >= 0.3 is 12.0 Å². The Morgan fingerprint density at radius 1 is 0.919 bits per heavy atom. The van der Waals surface area contributed by atoms with E-state index in [1.54, 1.807) is 6.92 Å². The number of urea groups is 1. The standard InChI is InChI=1S/C16H30N2O3.C10H16N2O3S/c1-3-5-6-11-16(17,18)12-15(21)10-9-14(20)8-7-13(19)4-2;13-8(14)4-2-1-3-7-9-6(5-16-7)11-10(15)12-9/h3-12,17-18H2,1-2H3;6-7,9H,1-5H2,(H,13,14)(H2,11,12,15)/t;6-,7-,9-/m.0/s1. The number of rotatable bonds is 18. The van der Waals surface area contributed by atoms with Gasteiger partial charge in [-0.3, -0.25) is 19.2 Å². The van der Waals surface area contributed by atoms with Gasteiger partial charge in [0.25, 0.3) is 0 Å². The fraction of sp³-hybridized carbons (Fsp3) is 0.808. The van der Waals surface area contributed by atoms with Gasteiger partial charge in [-0.2, -0.15) is 11.8 Å². The highest BCUT2D eigenvalue weighted by Crippen LogP contribution is 2.33. The van der Waals surface area contributed by atoms with Crippen LogP contribution >= 0.6 is 11.8 Å². The number of aliphatic carboxylic acids is 1. The van der Waals surface area contributed by atoms with E-state index in [9.17, 15) is 24.0 Å². The van der Waals surface area contributed by atoms with Gasteiger partial charge in [-0.1, -0.05) is 39.5 Å². The van der Waals surface area contributed by atoms with Gasteiger partial charge < -0.3 is 27.2 Å². The van der Waals surface area contributed by atoms with Crippen LogP contribution < -0.4 is 22.1 Å². The van der Waals surface area contributed by atoms with Crippen molar-refractivity contribution in [3.8, 4) is 0 Å². The van der Waals surface area contributed by atoms with Crippen LogP contribution in [0.3, 0.4) is 0 Å². The predicted molar refractivity (Wildman–Crippen MR) is 145 cm³/mol. The second kappa shape index (κ2) is 17.5. The molecule has 0 radical (unpaired) electrons. The molecule has 0 saturated carbocycles. The van der Waals surface area contributed by atoms with E-state index in [0.717, 1.165) is 44.3 Å². The minimum Gasteiger partial charge on any atom is -0.481 e. The summed E-state index contributed by atoms with van der Waals surface area (Å²) in [5, 5.41) is 14.8. The van der Waals surface area contributed by atoms with Crippen LogP contribution in [0, 0.1) is 0 Å². The molecule has 0 bridgehead atoms. The third-order valence-electron chi connectivity index (χ3n) is 6.60. The smallest absolute Gasteiger partial charge is 0.315 e. The fourth-order valence-electron chi connectivity index (χ4n) is 4.37. The van der Waals surface area contributed by atoms with Crippen molar-refractivity contribution in [3.63, 3.8) is 0 Å². The Kier molecular flexibility index (Phi) is 15.6. The molecule has 2 saturated heterocycles. The lowest BCUT2D eigenvalue weighted by Crippen LogP contribution is -2.50. The maximum atomic E-state index is 11.8. The van der Waals surface area contributed by atoms with Crippen molar-refractivity contribution in [2.24, 2.45) is 11.5 Å². The minimum absolute atomic E-state index is 0.0456. The molecule has 11 heteroatoms. The molecule has 212 valence electrons. The number of unbranched alkanes of at least 4 members (excludes halogenated alkanes) is 3. The first kappa shape index (κ1) is 33.0. The number of Topliss-reactive ketones (excluding diaryl/α,β-unsaturated/α-hetero) is 3. The molecule has 0 aromatic heterocycles. The highest BCUT2D eigenvalue weighted by Gasteiger charge is 2.42. The maximum Gasteiger partial charge on any atom is 0.315 e. The summed E-state index contributed by atoms with van der Waals surface area (Å²) in [5.74, 6) is 0.191. The van der Waals surface area contributed by atoms with Gasteiger partial charge in [-0.25, -0.2) is 4.79 Å². The van der Waals surface area contributed by atoms with Crippen molar-refractivity contribution in [2.75, 3.05) is 5.75 Å². The quantitative estimate of drug-likeness (QED) is 0.0987. The number of thioether (sulfide) groups is 1. The van der Waals surface area contributed by atoms with Crippen LogP contribution in [0.15, 0.2) is 0 Å². The Balaban J connectivity index is 0.000000381. The summed E-state index contributed by atoms with van der Waals surface area (Å²) in [7, 11) is 0. The van der Waals surface area contributed by atoms with Crippen LogP contribution in [0.4, 0.5) is 4.79 Å². The first-order chi connectivity index (χ1) is 17.5. The molecule has 0 aromatic carbocycles. The summed E-state index contributed by atoms with van der Waals surface area (Å²) in [4.78, 5) is 56.0. The lowest BCUT2D eigenvalue weighted by molar-refractivity contribution is -0.137. The van der Waals surface area contributed by atoms with Gasteiger partial charge in [-0.05, 0) is 19.3 Å². The maximum absolute atomic E-state index is 11.8. The van der Waals surface area contributed by atoms with Crippen LogP contribution in [0.1, 0.15) is 104 Å². The van der Waals surface area contributed by atoms with Gasteiger partial charge in [0.15, 0.2) is 0 Å². The number of carboxylic acid groups (broad SMARTS) is 1. The van der Waals surface area contributed by atoms with Crippen molar-refractivity contribution in [3.05, 3.63) is 0 Å². The molecule has 7 N–H and O–H groups in total. The highest BCUT2D eigenvalue weighted by molar-refractivity contribution is 8.00. The van der Waals surface area contributed by atoms with Crippen molar-refractivity contribution >= 4 is 41.1 Å².